The first-order chi connectivity index (χ1) is 31.7. The summed E-state index contributed by atoms with van der Waals surface area (Å²) >= 11 is 0. The van der Waals surface area contributed by atoms with Gasteiger partial charge < -0.3 is 30.6 Å². The molecule has 4 aromatic carbocycles. The molecule has 2 saturated heterocycles. The quantitative estimate of drug-likeness (QED) is 0.0637. The van der Waals surface area contributed by atoms with Crippen LogP contribution in [0.4, 0.5) is 45.6 Å². The van der Waals surface area contributed by atoms with Gasteiger partial charge in [-0.2, -0.15) is 0 Å². The van der Waals surface area contributed by atoms with E-state index in [0.29, 0.717) is 18.8 Å². The summed E-state index contributed by atoms with van der Waals surface area (Å²) in [6.07, 6.45) is 8.96. The molecule has 14 heteroatoms. The molecule has 11 rings (SSSR count). The number of piperidine rings is 2. The minimum absolute atomic E-state index is 0.0934. The molecule has 0 saturated carbocycles. The van der Waals surface area contributed by atoms with Crippen molar-refractivity contribution in [2.75, 3.05) is 41.7 Å². The van der Waals surface area contributed by atoms with E-state index < -0.39 is 4.92 Å². The number of aliphatic hydroxyl groups excluding tert-OH is 2. The van der Waals surface area contributed by atoms with Crippen molar-refractivity contribution in [2.24, 2.45) is 15.0 Å². The zero-order valence-corrected chi connectivity index (χ0v) is 35.8. The van der Waals surface area contributed by atoms with Gasteiger partial charge in [-0.1, -0.05) is 30.8 Å². The van der Waals surface area contributed by atoms with Crippen molar-refractivity contribution in [2.45, 2.75) is 57.2 Å². The van der Waals surface area contributed by atoms with Gasteiger partial charge in [0.2, 0.25) is 0 Å². The summed E-state index contributed by atoms with van der Waals surface area (Å²) in [5, 5.41) is 31.0. The zero-order chi connectivity index (χ0) is 44.9. The van der Waals surface area contributed by atoms with Crippen LogP contribution in [0, 0.1) is 16.7 Å². The summed E-state index contributed by atoms with van der Waals surface area (Å²) in [6, 6.07) is 35.1. The molecule has 0 spiro atoms. The average Bonchev–Trinajstić information content (AvgIpc) is 4.09. The van der Waals surface area contributed by atoms with Crippen molar-refractivity contribution >= 4 is 62.8 Å². The van der Waals surface area contributed by atoms with Gasteiger partial charge in [0.25, 0.3) is 11.5 Å². The Hall–Kier alpha value is -7.60. The third kappa shape index (κ3) is 9.82. The van der Waals surface area contributed by atoms with Crippen molar-refractivity contribution < 1.29 is 15.1 Å². The Labute approximate surface area is 377 Å². The number of β-amino-alcohol motifs (C(OH)–C–C–N with tert-alkyl or cyclic N) is 2. The molecule has 65 heavy (non-hydrogen) atoms. The third-order valence-electron chi connectivity index (χ3n) is 12.2. The van der Waals surface area contributed by atoms with Crippen molar-refractivity contribution in [3.63, 3.8) is 0 Å². The van der Waals surface area contributed by atoms with Gasteiger partial charge in [-0.25, -0.2) is 0 Å². The van der Waals surface area contributed by atoms with Crippen LogP contribution in [-0.2, 0) is 19.3 Å². The van der Waals surface area contributed by atoms with Crippen LogP contribution in [0.5, 0.6) is 0 Å². The van der Waals surface area contributed by atoms with E-state index in [1.807, 2.05) is 36.5 Å². The number of rotatable bonds is 6. The Bertz CT molecular complexity index is 2880. The van der Waals surface area contributed by atoms with Crippen molar-refractivity contribution in [3.8, 4) is 0 Å². The second-order valence-corrected chi connectivity index (χ2v) is 16.7. The summed E-state index contributed by atoms with van der Waals surface area (Å²) in [5.74, 6) is 0.451. The molecule has 0 aliphatic carbocycles. The summed E-state index contributed by atoms with van der Waals surface area (Å²) in [5.41, 5.74) is 20.4. The zero-order valence-electron chi connectivity index (χ0n) is 35.8. The van der Waals surface area contributed by atoms with Crippen LogP contribution < -0.4 is 15.5 Å². The molecule has 0 bridgehead atoms. The number of hydrogen-bond acceptors (Lipinski definition) is 12. The molecule has 326 valence electrons. The van der Waals surface area contributed by atoms with Crippen LogP contribution >= 0.6 is 0 Å². The van der Waals surface area contributed by atoms with E-state index in [1.165, 1.54) is 28.4 Å². The van der Waals surface area contributed by atoms with Gasteiger partial charge in [-0.3, -0.25) is 30.1 Å². The maximum Gasteiger partial charge on any atom is 0.292 e. The first-order valence-electron chi connectivity index (χ1n) is 21.9. The first kappa shape index (κ1) is 42.7. The molecule has 0 radical (unpaired) electrons. The standard InChI is InChI=1S/C26H24N4O.C19H20N4O3.C6H4N2/c31-21-4-3-11-30(16-21)20-7-9-23-19(13-20)14-25(28-23)17-6-8-22-18(12-17)15-26(29-22)24-5-1-2-10-27-24;20-16-5-3-12(10-19(16)23(25)26)18-9-13-8-14(4-6-17(13)21-18)22-7-1-2-15(24)11-22;1-7-6-4-2-3-5-8-6/h1-2,5-10,12-13,21,31H,3-4,11,14-16H2;3-6,8,10,15,24H,1-2,7,9,11,20H2;2-5H. The van der Waals surface area contributed by atoms with Crippen LogP contribution in [0.25, 0.3) is 4.85 Å². The number of nitrogens with two attached hydrogens (primary N) is 1. The van der Waals surface area contributed by atoms with E-state index in [-0.39, 0.29) is 23.6 Å². The van der Waals surface area contributed by atoms with Crippen LogP contribution in [0.15, 0.2) is 137 Å². The van der Waals surface area contributed by atoms with E-state index in [1.54, 1.807) is 36.5 Å². The number of nitrogens with zero attached hydrogens (tertiary/aromatic N) is 9. The monoisotopic (exact) mass is 864 g/mol. The van der Waals surface area contributed by atoms with Crippen molar-refractivity contribution in [1.29, 1.82) is 0 Å². The highest BCUT2D eigenvalue weighted by atomic mass is 16.6. The van der Waals surface area contributed by atoms with E-state index >= 15 is 0 Å². The number of aromatic nitrogens is 2. The topological polar surface area (TPSA) is 183 Å². The fourth-order valence-electron chi connectivity index (χ4n) is 8.84. The number of benzene rings is 4. The highest BCUT2D eigenvalue weighted by molar-refractivity contribution is 6.09. The van der Waals surface area contributed by atoms with Crippen molar-refractivity contribution in [3.05, 3.63) is 177 Å². The summed E-state index contributed by atoms with van der Waals surface area (Å²) in [7, 11) is 0. The van der Waals surface area contributed by atoms with E-state index in [2.05, 4.69) is 72.1 Å². The Morgan fingerprint density at radius 2 is 1.17 bits per heavy atom. The molecule has 2 fully saturated rings. The lowest BCUT2D eigenvalue weighted by Gasteiger charge is -2.32. The maximum atomic E-state index is 11.1. The fraction of sp³-hybridized carbons (Fsp3) is 0.255. The molecule has 4 N–H and O–H groups in total. The first-order valence-corrected chi connectivity index (χ1v) is 21.9. The highest BCUT2D eigenvalue weighted by Crippen LogP contribution is 2.37. The van der Waals surface area contributed by atoms with Gasteiger partial charge in [0.15, 0.2) is 0 Å². The largest absolute Gasteiger partial charge is 0.393 e. The molecule has 5 aliphatic heterocycles. The Balaban J connectivity index is 0.000000142. The van der Waals surface area contributed by atoms with Crippen LogP contribution in [0.1, 0.15) is 59.2 Å². The van der Waals surface area contributed by atoms with Gasteiger partial charge in [0, 0.05) is 74.6 Å². The second kappa shape index (κ2) is 19.0. The Morgan fingerprint density at radius 3 is 1.69 bits per heavy atom. The number of anilines is 3. The number of fused-ring (bicyclic) bond motifs is 3. The summed E-state index contributed by atoms with van der Waals surface area (Å²) < 4.78 is 0. The molecular weight excluding hydrogens is 817 g/mol. The SMILES string of the molecule is Nc1ccc(C2=Nc3ccc(N4CCCC(O)C4)cc3C2)cc1[N+](=O)[O-].OC1CCCN(c2ccc3c(c2)CC(c2ccc4c(c2)CC(c2ccccn2)=N4)=N3)C1.[C-]#[N+]c1ccccn1. The second-order valence-electron chi connectivity index (χ2n) is 16.7. The smallest absolute Gasteiger partial charge is 0.292 e. The molecule has 5 aliphatic rings. The van der Waals surface area contributed by atoms with Gasteiger partial charge in [-0.15, -0.1) is 4.98 Å². The Kier molecular flexibility index (Phi) is 12.5. The predicted molar refractivity (Wildman–Crippen MR) is 256 cm³/mol. The summed E-state index contributed by atoms with van der Waals surface area (Å²) in [6.45, 7) is 9.82. The number of hydrogen-bond donors (Lipinski definition) is 3. The number of pyridine rings is 2. The lowest BCUT2D eigenvalue weighted by molar-refractivity contribution is -0.383. The minimum Gasteiger partial charge on any atom is -0.393 e. The van der Waals surface area contributed by atoms with E-state index in [4.69, 9.17) is 22.3 Å². The van der Waals surface area contributed by atoms with E-state index in [0.717, 1.165) is 115 Å². The predicted octanol–water partition coefficient (Wildman–Crippen LogP) is 8.84. The molecule has 6 aromatic rings. The number of nitro benzene ring substituents is 1. The number of nitro groups is 1. The van der Waals surface area contributed by atoms with Gasteiger partial charge >= 0.3 is 0 Å². The highest BCUT2D eigenvalue weighted by Gasteiger charge is 2.25. The van der Waals surface area contributed by atoms with Gasteiger partial charge in [-0.05, 0) is 127 Å². The minimum atomic E-state index is -0.471. The van der Waals surface area contributed by atoms with E-state index in [9.17, 15) is 20.3 Å². The average molecular weight is 865 g/mol. The van der Waals surface area contributed by atoms with Gasteiger partial charge in [0.1, 0.15) is 11.9 Å². The fourth-order valence-corrected chi connectivity index (χ4v) is 8.84. The van der Waals surface area contributed by atoms with Crippen LogP contribution in [0.3, 0.4) is 0 Å². The lowest BCUT2D eigenvalue weighted by Crippen LogP contribution is -2.38. The van der Waals surface area contributed by atoms with Crippen molar-refractivity contribution in [1.82, 2.24) is 9.97 Å². The molecule has 2 unspecified atom stereocenters. The number of aliphatic imine (C=N–C) groups is 3. The maximum absolute atomic E-state index is 11.1. The molecule has 2 atom stereocenters. The number of aliphatic hydroxyl groups is 2. The molecule has 2 aromatic heterocycles. The lowest BCUT2D eigenvalue weighted by atomic mass is 9.99. The third-order valence-corrected chi connectivity index (χ3v) is 12.2. The molecular formula is C51H48N10O4. The van der Waals surface area contributed by atoms with Gasteiger partial charge in [0.05, 0.1) is 57.0 Å². The number of nitrogen functional groups attached to an aromatic ring is 1. The van der Waals surface area contributed by atoms with Crippen LogP contribution in [0.2, 0.25) is 0 Å². The molecule has 14 nitrogen and oxygen atoms in total. The molecule has 7 heterocycles. The summed E-state index contributed by atoms with van der Waals surface area (Å²) in [4.78, 5) is 40.8. The Morgan fingerprint density at radius 1 is 0.646 bits per heavy atom. The normalized spacial score (nSPS) is 18.0. The molecule has 0 amide bonds. The van der Waals surface area contributed by atoms with Crippen LogP contribution in [-0.4, -0.2) is 80.6 Å².